The molecule has 1 saturated carbocycles. The third-order valence-corrected chi connectivity index (χ3v) is 6.52. The summed E-state index contributed by atoms with van der Waals surface area (Å²) < 4.78 is 5.72. The van der Waals surface area contributed by atoms with E-state index in [0.717, 1.165) is 25.7 Å². The molecule has 4 N–H and O–H groups in total. The van der Waals surface area contributed by atoms with Gasteiger partial charge in [0.25, 0.3) is 0 Å². The molecule has 0 bridgehead atoms. The Kier molecular flexibility index (Phi) is 5.81. The maximum absolute atomic E-state index is 13.1. The van der Waals surface area contributed by atoms with E-state index in [1.165, 1.54) is 25.3 Å². The molecule has 2 aliphatic carbocycles. The summed E-state index contributed by atoms with van der Waals surface area (Å²) in [5, 5.41) is 0. The first kappa shape index (κ1) is 21.1. The number of carbonyl (C=O) groups is 3. The average molecular weight is 421 g/mol. The van der Waals surface area contributed by atoms with Gasteiger partial charge in [0.15, 0.2) is 11.6 Å². The maximum atomic E-state index is 13.1. The van der Waals surface area contributed by atoms with Gasteiger partial charge in [-0.15, -0.1) is 0 Å². The van der Waals surface area contributed by atoms with Crippen molar-refractivity contribution in [3.8, 4) is 0 Å². The molecule has 0 saturated heterocycles. The van der Waals surface area contributed by atoms with E-state index in [-0.39, 0.29) is 45.5 Å². The molecule has 4 rings (SSSR count). The summed E-state index contributed by atoms with van der Waals surface area (Å²) in [6.45, 7) is 2.19. The van der Waals surface area contributed by atoms with E-state index in [9.17, 15) is 14.4 Å². The highest BCUT2D eigenvalue weighted by Crippen LogP contribution is 2.37. The van der Waals surface area contributed by atoms with Crippen molar-refractivity contribution in [2.75, 3.05) is 11.5 Å². The van der Waals surface area contributed by atoms with Crippen molar-refractivity contribution in [2.45, 2.75) is 58.0 Å². The number of nitrogens with two attached hydrogens (primary N) is 2. The summed E-state index contributed by atoms with van der Waals surface area (Å²) in [7, 11) is 0. The summed E-state index contributed by atoms with van der Waals surface area (Å²) in [4.78, 5) is 38.9. The SMILES string of the molecule is CCCCC1CCC(OC(=O)c2cc(N)c3c(c2N)C(=O)c2ccccc2C3=O)CC1. The highest BCUT2D eigenvalue weighted by Gasteiger charge is 2.35. The van der Waals surface area contributed by atoms with Crippen LogP contribution in [0.1, 0.15) is 94.1 Å². The summed E-state index contributed by atoms with van der Waals surface area (Å²) in [6.07, 6.45) is 7.22. The second kappa shape index (κ2) is 8.53. The van der Waals surface area contributed by atoms with E-state index in [1.54, 1.807) is 24.3 Å². The van der Waals surface area contributed by atoms with Crippen LogP contribution in [0.25, 0.3) is 0 Å². The lowest BCUT2D eigenvalue weighted by Gasteiger charge is -2.28. The van der Waals surface area contributed by atoms with Crippen molar-refractivity contribution >= 4 is 28.9 Å². The Morgan fingerprint density at radius 1 is 1.00 bits per heavy atom. The minimum atomic E-state index is -0.594. The van der Waals surface area contributed by atoms with Crippen LogP contribution in [0.15, 0.2) is 30.3 Å². The Morgan fingerprint density at radius 2 is 1.61 bits per heavy atom. The molecule has 0 unspecified atom stereocenters. The molecule has 6 heteroatoms. The summed E-state index contributed by atoms with van der Waals surface area (Å²) in [6, 6.07) is 7.91. The number of fused-ring (bicyclic) bond motifs is 2. The number of ketones is 2. The van der Waals surface area contributed by atoms with E-state index in [2.05, 4.69) is 6.92 Å². The van der Waals surface area contributed by atoms with E-state index >= 15 is 0 Å². The summed E-state index contributed by atoms with van der Waals surface area (Å²) >= 11 is 0. The van der Waals surface area contributed by atoms with Crippen molar-refractivity contribution in [3.63, 3.8) is 0 Å². The van der Waals surface area contributed by atoms with E-state index in [1.807, 2.05) is 0 Å². The van der Waals surface area contributed by atoms with Crippen molar-refractivity contribution in [3.05, 3.63) is 58.1 Å². The summed E-state index contributed by atoms with van der Waals surface area (Å²) in [5.74, 6) is -0.661. The van der Waals surface area contributed by atoms with E-state index in [0.29, 0.717) is 11.5 Å². The molecule has 2 aromatic carbocycles. The zero-order chi connectivity index (χ0) is 22.1. The van der Waals surface area contributed by atoms with Gasteiger partial charge in [-0.05, 0) is 37.7 Å². The van der Waals surface area contributed by atoms with Gasteiger partial charge in [0.2, 0.25) is 0 Å². The van der Waals surface area contributed by atoms with Crippen LogP contribution in [0.4, 0.5) is 11.4 Å². The van der Waals surface area contributed by atoms with Gasteiger partial charge < -0.3 is 16.2 Å². The van der Waals surface area contributed by atoms with Crippen LogP contribution in [-0.4, -0.2) is 23.6 Å². The molecule has 31 heavy (non-hydrogen) atoms. The van der Waals surface area contributed by atoms with Gasteiger partial charge in [0.05, 0.1) is 22.4 Å². The minimum Gasteiger partial charge on any atom is -0.459 e. The Balaban J connectivity index is 1.57. The van der Waals surface area contributed by atoms with Crippen LogP contribution in [0.5, 0.6) is 0 Å². The smallest absolute Gasteiger partial charge is 0.340 e. The Labute approximate surface area is 181 Å². The van der Waals surface area contributed by atoms with Crippen molar-refractivity contribution < 1.29 is 19.1 Å². The predicted molar refractivity (Wildman–Crippen MR) is 119 cm³/mol. The Morgan fingerprint density at radius 3 is 2.23 bits per heavy atom. The fraction of sp³-hybridized carbons (Fsp3) is 0.400. The fourth-order valence-corrected chi connectivity index (χ4v) is 4.76. The molecule has 2 aromatic rings. The molecule has 0 amide bonds. The highest BCUT2D eigenvalue weighted by atomic mass is 16.5. The first-order valence-corrected chi connectivity index (χ1v) is 11.0. The predicted octanol–water partition coefficient (Wildman–Crippen LogP) is 4.53. The molecule has 0 radical (unpaired) electrons. The lowest BCUT2D eigenvalue weighted by molar-refractivity contribution is 0.0162. The van der Waals surface area contributed by atoms with E-state index < -0.39 is 11.8 Å². The van der Waals surface area contributed by atoms with Crippen LogP contribution in [0.2, 0.25) is 0 Å². The second-order valence-corrected chi connectivity index (χ2v) is 8.57. The maximum Gasteiger partial charge on any atom is 0.340 e. The van der Waals surface area contributed by atoms with Gasteiger partial charge in [0.1, 0.15) is 6.10 Å². The van der Waals surface area contributed by atoms with Gasteiger partial charge in [0, 0.05) is 16.8 Å². The highest BCUT2D eigenvalue weighted by molar-refractivity contribution is 6.32. The van der Waals surface area contributed by atoms with Gasteiger partial charge >= 0.3 is 5.97 Å². The Hall–Kier alpha value is -3.15. The lowest BCUT2D eigenvalue weighted by atomic mass is 9.81. The van der Waals surface area contributed by atoms with Crippen LogP contribution < -0.4 is 11.5 Å². The number of rotatable bonds is 5. The number of carbonyl (C=O) groups excluding carboxylic acids is 3. The van der Waals surface area contributed by atoms with Crippen molar-refractivity contribution in [1.82, 2.24) is 0 Å². The Bertz CT molecular complexity index is 1050. The van der Waals surface area contributed by atoms with Crippen molar-refractivity contribution in [1.29, 1.82) is 0 Å². The third kappa shape index (κ3) is 3.82. The van der Waals surface area contributed by atoms with Gasteiger partial charge in [-0.3, -0.25) is 9.59 Å². The topological polar surface area (TPSA) is 112 Å². The minimum absolute atomic E-state index is 0.000996. The zero-order valence-electron chi connectivity index (χ0n) is 17.8. The van der Waals surface area contributed by atoms with Crippen LogP contribution in [0.3, 0.4) is 0 Å². The third-order valence-electron chi connectivity index (χ3n) is 6.52. The standard InChI is InChI=1S/C25H28N2O4/c1-2-3-6-14-9-11-15(12-10-14)31-25(30)18-13-19(26)20-21(22(18)27)24(29)17-8-5-4-7-16(17)23(20)28/h4-5,7-8,13-15H,2-3,6,9-12,26-27H2,1H3. The number of ether oxygens (including phenoxy) is 1. The van der Waals surface area contributed by atoms with Gasteiger partial charge in [-0.25, -0.2) is 4.79 Å². The molecule has 0 aromatic heterocycles. The number of hydrogen-bond acceptors (Lipinski definition) is 6. The fourth-order valence-electron chi connectivity index (χ4n) is 4.76. The molecule has 2 aliphatic rings. The first-order valence-electron chi connectivity index (χ1n) is 11.0. The number of esters is 1. The quantitative estimate of drug-likeness (QED) is 0.463. The average Bonchev–Trinajstić information content (AvgIpc) is 2.78. The number of anilines is 2. The summed E-state index contributed by atoms with van der Waals surface area (Å²) in [5.41, 5.74) is 13.0. The normalized spacial score (nSPS) is 20.2. The van der Waals surface area contributed by atoms with Gasteiger partial charge in [-0.1, -0.05) is 50.5 Å². The molecular weight excluding hydrogens is 392 g/mol. The van der Waals surface area contributed by atoms with Crippen LogP contribution in [0, 0.1) is 5.92 Å². The number of unbranched alkanes of at least 4 members (excludes halogenated alkanes) is 1. The van der Waals surface area contributed by atoms with Crippen LogP contribution in [-0.2, 0) is 4.74 Å². The number of hydrogen-bond donors (Lipinski definition) is 2. The monoisotopic (exact) mass is 420 g/mol. The van der Waals surface area contributed by atoms with Gasteiger partial charge in [-0.2, -0.15) is 0 Å². The number of benzene rings is 2. The molecule has 6 nitrogen and oxygen atoms in total. The largest absolute Gasteiger partial charge is 0.459 e. The number of nitrogen functional groups attached to an aromatic ring is 2. The molecular formula is C25H28N2O4. The second-order valence-electron chi connectivity index (χ2n) is 8.57. The molecule has 1 fully saturated rings. The molecule has 0 atom stereocenters. The molecule has 162 valence electrons. The van der Waals surface area contributed by atoms with Crippen LogP contribution >= 0.6 is 0 Å². The first-order chi connectivity index (χ1) is 14.9. The molecule has 0 heterocycles. The lowest BCUT2D eigenvalue weighted by Crippen LogP contribution is -2.27. The molecule has 0 spiro atoms. The van der Waals surface area contributed by atoms with Crippen molar-refractivity contribution in [2.24, 2.45) is 5.92 Å². The molecule has 0 aliphatic heterocycles. The zero-order valence-corrected chi connectivity index (χ0v) is 17.8. The van der Waals surface area contributed by atoms with E-state index in [4.69, 9.17) is 16.2 Å².